The van der Waals surface area contributed by atoms with E-state index in [-0.39, 0.29) is 16.3 Å². The number of rotatable bonds is 0. The molecule has 0 atom stereocenters. The molecule has 0 bridgehead atoms. The first-order chi connectivity index (χ1) is 11.1. The molecule has 0 amide bonds. The number of halogens is 2. The van der Waals surface area contributed by atoms with E-state index < -0.39 is 0 Å². The van der Waals surface area contributed by atoms with Gasteiger partial charge in [0.1, 0.15) is 8.96 Å². The van der Waals surface area contributed by atoms with Gasteiger partial charge in [-0.2, -0.15) is 0 Å². The van der Waals surface area contributed by atoms with Gasteiger partial charge >= 0.3 is 5.78 Å². The van der Waals surface area contributed by atoms with Crippen molar-refractivity contribution < 1.29 is 4.79 Å². The Balaban J connectivity index is 2.06. The van der Waals surface area contributed by atoms with E-state index in [2.05, 4.69) is 80.4 Å². The molecule has 114 valence electrons. The first-order valence-corrected chi connectivity index (χ1v) is 10.6. The van der Waals surface area contributed by atoms with Crippen LogP contribution in [0.25, 0.3) is 0 Å². The van der Waals surface area contributed by atoms with Crippen LogP contribution in [0.4, 0.5) is 0 Å². The van der Waals surface area contributed by atoms with E-state index in [1.807, 2.05) is 23.9 Å². The molecule has 1 aliphatic heterocycles. The molecule has 2 aromatic carbocycles. The highest BCUT2D eigenvalue weighted by Gasteiger charge is 2.27. The molecule has 2 aliphatic rings. The third kappa shape index (κ3) is 2.74. The van der Waals surface area contributed by atoms with Gasteiger partial charge in [-0.1, -0.05) is 36.0 Å². The Hall–Kier alpha value is -0.880. The summed E-state index contributed by atoms with van der Waals surface area (Å²) in [6, 6.07) is 17.1. The van der Waals surface area contributed by atoms with Crippen molar-refractivity contribution >= 4 is 64.8 Å². The summed E-state index contributed by atoms with van der Waals surface area (Å²) in [6.45, 7) is 0. The van der Waals surface area contributed by atoms with Crippen molar-refractivity contribution in [3.8, 4) is 0 Å². The van der Waals surface area contributed by atoms with Crippen LogP contribution in [0.1, 0.15) is 0 Å². The summed E-state index contributed by atoms with van der Waals surface area (Å²) < 4.78 is 1.42. The summed E-state index contributed by atoms with van der Waals surface area (Å²) in [5.74, 6) is 0.241. The zero-order valence-electron chi connectivity index (χ0n) is 11.8. The van der Waals surface area contributed by atoms with Crippen molar-refractivity contribution in [1.82, 2.24) is 0 Å². The summed E-state index contributed by atoms with van der Waals surface area (Å²) in [5.41, 5.74) is 0. The van der Waals surface area contributed by atoms with Gasteiger partial charge in [0.2, 0.25) is 0 Å². The quantitative estimate of drug-likeness (QED) is 0.288. The monoisotopic (exact) mass is 465 g/mol. The van der Waals surface area contributed by atoms with Gasteiger partial charge in [0.05, 0.1) is 0 Å². The molecule has 0 spiro atoms. The minimum absolute atomic E-state index is 0.179. The molecule has 1 N–H and O–H groups in total. The maximum Gasteiger partial charge on any atom is 0.368 e. The summed E-state index contributed by atoms with van der Waals surface area (Å²) >= 11 is 8.75. The molecule has 5 heteroatoms. The van der Waals surface area contributed by atoms with E-state index in [1.165, 1.54) is 24.4 Å². The Morgan fingerprint density at radius 1 is 0.783 bits per heavy atom. The zero-order valence-corrected chi connectivity index (χ0v) is 16.6. The number of hydrogen-bond acceptors (Lipinski definition) is 1. The lowest BCUT2D eigenvalue weighted by molar-refractivity contribution is 0.682. The Bertz CT molecular complexity index is 870. The van der Waals surface area contributed by atoms with E-state index in [4.69, 9.17) is 0 Å². The van der Waals surface area contributed by atoms with Crippen LogP contribution in [0.5, 0.6) is 0 Å². The van der Waals surface area contributed by atoms with E-state index in [0.29, 0.717) is 8.96 Å². The second kappa shape index (κ2) is 6.20. The van der Waals surface area contributed by atoms with Gasteiger partial charge in [0.15, 0.2) is 0 Å². The molecule has 0 saturated carbocycles. The third-order valence-electron chi connectivity index (χ3n) is 3.58. The van der Waals surface area contributed by atoms with Crippen LogP contribution in [0.2, 0.25) is 0 Å². The summed E-state index contributed by atoms with van der Waals surface area (Å²) in [4.78, 5) is 16.5. The second-order valence-corrected chi connectivity index (χ2v) is 9.79. The van der Waals surface area contributed by atoms with Gasteiger partial charge in [-0.05, 0) is 68.3 Å². The predicted molar refractivity (Wildman–Crippen MR) is 107 cm³/mol. The Morgan fingerprint density at radius 3 is 1.78 bits per heavy atom. The van der Waals surface area contributed by atoms with E-state index >= 15 is 0 Å². The fraction of sp³-hybridized carbons (Fsp3) is 0. The third-order valence-corrected chi connectivity index (χ3v) is 8.50. The summed E-state index contributed by atoms with van der Waals surface area (Å²) in [6.07, 6.45) is 4.04. The molecule has 0 radical (unpaired) electrons. The van der Waals surface area contributed by atoms with E-state index in [9.17, 15) is 4.79 Å². The first kappa shape index (κ1) is 15.6. The number of carbonyl (C=O) groups excluding carboxylic acids is 1. The standard InChI is InChI=1S/C18H10Br2OS2/c19-12-9-11(10-13(20)18(12)21)23-16-7-3-1-5-14(16)22-15-6-2-4-8-17(15)23/h1-10H/p+1. The maximum absolute atomic E-state index is 10.0. The van der Waals surface area contributed by atoms with Crippen LogP contribution in [0, 0.1) is 0 Å². The van der Waals surface area contributed by atoms with Crippen LogP contribution < -0.4 is 0 Å². The SMILES string of the molecule is [OH+]=C1C(Br)=CC(=S2c3ccccc3Sc3ccccc32)C=C1Br. The summed E-state index contributed by atoms with van der Waals surface area (Å²) in [5, 5.41) is 0. The zero-order chi connectivity index (χ0) is 16.0. The first-order valence-electron chi connectivity index (χ1n) is 6.93. The highest BCUT2D eigenvalue weighted by molar-refractivity contribution is 9.13. The highest BCUT2D eigenvalue weighted by Crippen LogP contribution is 2.53. The average molecular weight is 467 g/mol. The molecular weight excluding hydrogens is 456 g/mol. The lowest BCUT2D eigenvalue weighted by Gasteiger charge is -2.25. The van der Waals surface area contributed by atoms with Gasteiger partial charge in [-0.25, -0.2) is 0 Å². The molecule has 1 nitrogen and oxygen atoms in total. The fourth-order valence-corrected chi connectivity index (χ4v) is 7.85. The van der Waals surface area contributed by atoms with Crippen LogP contribution in [-0.4, -0.2) is 15.4 Å². The van der Waals surface area contributed by atoms with Crippen molar-refractivity contribution in [2.24, 2.45) is 0 Å². The number of ketones is 1. The topological polar surface area (TPSA) is 21.4 Å². The highest BCUT2D eigenvalue weighted by atomic mass is 79.9. The predicted octanol–water partition coefficient (Wildman–Crippen LogP) is 6.13. The van der Waals surface area contributed by atoms with Crippen LogP contribution in [0.15, 0.2) is 89.2 Å². The smallest absolute Gasteiger partial charge is 0.271 e. The van der Waals surface area contributed by atoms with Crippen LogP contribution >= 0.6 is 54.1 Å². The average Bonchev–Trinajstić information content (AvgIpc) is 2.57. The molecular formula is C18H11Br2OS2+. The van der Waals surface area contributed by atoms with Crippen molar-refractivity contribution in [1.29, 1.82) is 0 Å². The molecule has 0 aromatic heterocycles. The van der Waals surface area contributed by atoms with Crippen LogP contribution in [0.3, 0.4) is 0 Å². The molecule has 0 fully saturated rings. The Kier molecular flexibility index (Phi) is 4.22. The largest absolute Gasteiger partial charge is 0.368 e. The molecule has 23 heavy (non-hydrogen) atoms. The second-order valence-electron chi connectivity index (χ2n) is 5.04. The molecule has 0 saturated heterocycles. The van der Waals surface area contributed by atoms with E-state index in [0.717, 1.165) is 0 Å². The molecule has 4 rings (SSSR count). The molecule has 1 heterocycles. The normalized spacial score (nSPS) is 17.3. The number of benzene rings is 2. The maximum atomic E-state index is 10.0. The summed E-state index contributed by atoms with van der Waals surface area (Å²) in [7, 11) is -0.179. The number of fused-ring (bicyclic) bond motifs is 2. The molecule has 0 unspecified atom stereocenters. The molecule has 1 aliphatic carbocycles. The van der Waals surface area contributed by atoms with Gasteiger partial charge < -0.3 is 0 Å². The van der Waals surface area contributed by atoms with Crippen LogP contribution in [-0.2, 0) is 0 Å². The minimum atomic E-state index is -0.179. The fourth-order valence-electron chi connectivity index (χ4n) is 2.56. The minimum Gasteiger partial charge on any atom is -0.271 e. The Labute approximate surface area is 158 Å². The lowest BCUT2D eigenvalue weighted by Crippen LogP contribution is -2.09. The van der Waals surface area contributed by atoms with E-state index in [1.54, 1.807) is 0 Å². The van der Waals surface area contributed by atoms with Crippen molar-refractivity contribution in [2.75, 3.05) is 0 Å². The van der Waals surface area contributed by atoms with Crippen molar-refractivity contribution in [2.45, 2.75) is 19.6 Å². The van der Waals surface area contributed by atoms with Gasteiger partial charge in [-0.15, -0.1) is 10.5 Å². The van der Waals surface area contributed by atoms with Gasteiger partial charge in [0, 0.05) is 24.4 Å². The lowest BCUT2D eigenvalue weighted by atomic mass is 10.2. The van der Waals surface area contributed by atoms with Crippen molar-refractivity contribution in [3.05, 3.63) is 69.6 Å². The molecule has 2 aromatic rings. The van der Waals surface area contributed by atoms with Gasteiger partial charge in [0.25, 0.3) is 0 Å². The van der Waals surface area contributed by atoms with Crippen molar-refractivity contribution in [3.63, 3.8) is 0 Å². The Morgan fingerprint density at radius 2 is 1.26 bits per heavy atom. The number of allylic oxidation sites excluding steroid dienone is 4. The number of hydrogen-bond donors (Lipinski definition) is 0. The van der Waals surface area contributed by atoms with Gasteiger partial charge in [-0.3, -0.25) is 4.79 Å².